The molecule has 0 radical (unpaired) electrons. The number of aliphatic carboxylic acids is 2. The number of nitrogens with zero attached hydrogens (tertiary/aromatic N) is 1. The van der Waals surface area contributed by atoms with Crippen molar-refractivity contribution in [2.75, 3.05) is 10.6 Å². The third kappa shape index (κ3) is 6.79. The van der Waals surface area contributed by atoms with Gasteiger partial charge in [-0.3, -0.25) is 4.79 Å². The van der Waals surface area contributed by atoms with Crippen LogP contribution in [-0.2, 0) is 14.4 Å². The van der Waals surface area contributed by atoms with Crippen LogP contribution in [0.3, 0.4) is 0 Å². The molecule has 3 aromatic rings. The predicted molar refractivity (Wildman–Crippen MR) is 104 cm³/mol. The summed E-state index contributed by atoms with van der Waals surface area (Å²) in [6, 6.07) is 23.5. The lowest BCUT2D eigenvalue weighted by molar-refractivity contribution is -0.701. The lowest BCUT2D eigenvalue weighted by Crippen LogP contribution is -2.44. The number of anilines is 3. The van der Waals surface area contributed by atoms with Crippen molar-refractivity contribution >= 4 is 35.3 Å². The van der Waals surface area contributed by atoms with E-state index < -0.39 is 18.1 Å². The molecule has 1 heterocycles. The van der Waals surface area contributed by atoms with Gasteiger partial charge in [-0.15, -0.1) is 0 Å². The molecule has 8 nitrogen and oxygen atoms in total. The second-order valence-corrected chi connectivity index (χ2v) is 5.68. The predicted octanol–water partition coefficient (Wildman–Crippen LogP) is 1.35. The Bertz CT molecular complexity index is 937. The van der Waals surface area contributed by atoms with Crippen LogP contribution >= 0.6 is 0 Å². The van der Waals surface area contributed by atoms with Crippen molar-refractivity contribution in [1.82, 2.24) is 0 Å². The number of carboxylic acid groups (broad SMARTS) is 2. The number of rotatable bonds is 6. The molecule has 1 aromatic heterocycles. The van der Waals surface area contributed by atoms with E-state index in [0.717, 1.165) is 23.3 Å². The van der Waals surface area contributed by atoms with Gasteiger partial charge >= 0.3 is 5.97 Å². The summed E-state index contributed by atoms with van der Waals surface area (Å²) in [5.74, 6) is -4.01. The monoisotopic (exact) mass is 393 g/mol. The number of para-hydroxylation sites is 3. The molecular formula is C21H19N3O5. The van der Waals surface area contributed by atoms with Crippen molar-refractivity contribution in [1.29, 1.82) is 0 Å². The highest BCUT2D eigenvalue weighted by Gasteiger charge is 2.17. The molecule has 0 aliphatic rings. The maximum atomic E-state index is 11.5. The average Bonchev–Trinajstić information content (AvgIpc) is 2.75. The molecule has 148 valence electrons. The van der Waals surface area contributed by atoms with Crippen LogP contribution in [0.15, 0.2) is 85.2 Å². The first kappa shape index (κ1) is 21.1. The maximum absolute atomic E-state index is 11.5. The van der Waals surface area contributed by atoms with Gasteiger partial charge in [-0.1, -0.05) is 36.4 Å². The highest BCUT2D eigenvalue weighted by molar-refractivity contribution is 6.26. The smallest absolute Gasteiger partial charge is 0.351 e. The van der Waals surface area contributed by atoms with Gasteiger partial charge in [0.05, 0.1) is 11.4 Å². The van der Waals surface area contributed by atoms with Gasteiger partial charge in [-0.05, 0) is 24.3 Å². The molecule has 1 atom stereocenters. The van der Waals surface area contributed by atoms with Crippen molar-refractivity contribution in [3.63, 3.8) is 0 Å². The summed E-state index contributed by atoms with van der Waals surface area (Å²) in [6.45, 7) is 0. The number of carbonyl (C=O) groups is 3. The van der Waals surface area contributed by atoms with Crippen LogP contribution in [0.5, 0.6) is 0 Å². The number of hydrogen-bond donors (Lipinski definition) is 3. The van der Waals surface area contributed by atoms with Crippen LogP contribution in [0.4, 0.5) is 17.1 Å². The zero-order valence-corrected chi connectivity index (χ0v) is 15.3. The quantitative estimate of drug-likeness (QED) is 0.328. The highest BCUT2D eigenvalue weighted by atomic mass is 16.4. The Kier molecular flexibility index (Phi) is 7.88. The fourth-order valence-electron chi connectivity index (χ4n) is 2.33. The van der Waals surface area contributed by atoms with Gasteiger partial charge in [-0.2, -0.15) is 4.57 Å². The summed E-state index contributed by atoms with van der Waals surface area (Å²) >= 11 is 0. The molecule has 8 heteroatoms. The van der Waals surface area contributed by atoms with Crippen molar-refractivity contribution in [2.45, 2.75) is 6.17 Å². The number of carboxylic acids is 2. The second-order valence-electron chi connectivity index (χ2n) is 5.68. The molecule has 0 amide bonds. The van der Waals surface area contributed by atoms with Crippen molar-refractivity contribution in [2.24, 2.45) is 0 Å². The minimum absolute atomic E-state index is 0.463. The first-order valence-electron chi connectivity index (χ1n) is 8.54. The van der Waals surface area contributed by atoms with E-state index in [4.69, 9.17) is 19.8 Å². The Morgan fingerprint density at radius 3 is 1.97 bits per heavy atom. The topological polar surface area (TPSA) is 122 Å². The van der Waals surface area contributed by atoms with Crippen LogP contribution in [0.25, 0.3) is 0 Å². The molecule has 29 heavy (non-hydrogen) atoms. The second kappa shape index (κ2) is 10.8. The van der Waals surface area contributed by atoms with Gasteiger partial charge in [0.25, 0.3) is 6.17 Å². The van der Waals surface area contributed by atoms with Crippen molar-refractivity contribution < 1.29 is 29.2 Å². The molecule has 0 fully saturated rings. The lowest BCUT2D eigenvalue weighted by atomic mass is 10.2. The molecule has 0 aliphatic carbocycles. The molecular weight excluding hydrogens is 374 g/mol. The highest BCUT2D eigenvalue weighted by Crippen LogP contribution is 2.26. The fraction of sp³-hybridized carbons (Fsp3) is 0.0476. The number of pyridine rings is 1. The van der Waals surface area contributed by atoms with E-state index in [2.05, 4.69) is 10.6 Å². The Labute approximate surface area is 167 Å². The summed E-state index contributed by atoms with van der Waals surface area (Å²) in [5.41, 5.74) is 2.78. The fourth-order valence-corrected chi connectivity index (χ4v) is 2.33. The van der Waals surface area contributed by atoms with Crippen molar-refractivity contribution in [3.8, 4) is 0 Å². The van der Waals surface area contributed by atoms with E-state index >= 15 is 0 Å². The number of nitrogens with one attached hydrogen (secondary N) is 2. The van der Waals surface area contributed by atoms with Crippen LogP contribution in [0, 0.1) is 0 Å². The van der Waals surface area contributed by atoms with Crippen LogP contribution < -0.4 is 20.3 Å². The minimum Gasteiger partial charge on any atom is -0.539 e. The summed E-state index contributed by atoms with van der Waals surface area (Å²) in [5, 5.41) is 22.9. The SMILES string of the molecule is O=C([O-])C(=O)O.O=CC(Nc1ccccc1Nc1ccccc1)[n+]1ccccc1. The van der Waals surface area contributed by atoms with E-state index in [1.54, 1.807) is 0 Å². The molecule has 0 bridgehead atoms. The van der Waals surface area contributed by atoms with Gasteiger partial charge in [0.15, 0.2) is 18.4 Å². The molecule has 2 aromatic carbocycles. The van der Waals surface area contributed by atoms with Gasteiger partial charge < -0.3 is 25.6 Å². The largest absolute Gasteiger partial charge is 0.539 e. The number of hydrogen-bond acceptors (Lipinski definition) is 6. The van der Waals surface area contributed by atoms with Gasteiger partial charge in [0, 0.05) is 17.8 Å². The third-order valence-electron chi connectivity index (χ3n) is 3.65. The average molecular weight is 393 g/mol. The molecule has 0 aliphatic heterocycles. The zero-order valence-electron chi connectivity index (χ0n) is 15.3. The molecule has 1 unspecified atom stereocenters. The van der Waals surface area contributed by atoms with Gasteiger partial charge in [0.2, 0.25) is 6.29 Å². The van der Waals surface area contributed by atoms with E-state index in [1.807, 2.05) is 89.8 Å². The van der Waals surface area contributed by atoms with E-state index in [-0.39, 0.29) is 0 Å². The summed E-state index contributed by atoms with van der Waals surface area (Å²) < 4.78 is 1.83. The van der Waals surface area contributed by atoms with Crippen LogP contribution in [-0.4, -0.2) is 23.3 Å². The number of aromatic nitrogens is 1. The standard InChI is InChI=1S/C19H18N3O.C2H2O4/c23-15-19(22-13-7-2-8-14-22)21-18-12-6-5-11-17(18)20-16-9-3-1-4-10-16;3-1(4)2(5)6/h1-15,19-21H;(H,3,4)(H,5,6)/q+1;/p-1. The normalized spacial score (nSPS) is 10.6. The van der Waals surface area contributed by atoms with E-state index in [9.17, 15) is 4.79 Å². The molecule has 0 spiro atoms. The molecule has 0 saturated carbocycles. The first-order valence-corrected chi connectivity index (χ1v) is 8.54. The molecule has 3 N–H and O–H groups in total. The Balaban J connectivity index is 0.000000438. The zero-order chi connectivity index (χ0) is 21.1. The summed E-state index contributed by atoms with van der Waals surface area (Å²) in [6.07, 6.45) is 4.15. The van der Waals surface area contributed by atoms with E-state index in [1.165, 1.54) is 0 Å². The minimum atomic E-state index is -2.07. The van der Waals surface area contributed by atoms with Gasteiger partial charge in [0.1, 0.15) is 0 Å². The maximum Gasteiger partial charge on any atom is 0.351 e. The Hall–Kier alpha value is -4.20. The Morgan fingerprint density at radius 1 is 0.897 bits per heavy atom. The van der Waals surface area contributed by atoms with Crippen LogP contribution in [0.1, 0.15) is 6.17 Å². The summed E-state index contributed by atoms with van der Waals surface area (Å²) in [4.78, 5) is 29.5. The number of aldehydes is 1. The third-order valence-corrected chi connectivity index (χ3v) is 3.65. The van der Waals surface area contributed by atoms with Crippen molar-refractivity contribution in [3.05, 3.63) is 85.2 Å². The number of benzene rings is 2. The molecule has 3 rings (SSSR count). The van der Waals surface area contributed by atoms with E-state index in [0.29, 0.717) is 0 Å². The first-order chi connectivity index (χ1) is 14.0. The van der Waals surface area contributed by atoms with Gasteiger partial charge in [-0.25, -0.2) is 4.79 Å². The summed E-state index contributed by atoms with van der Waals surface area (Å²) in [7, 11) is 0. The number of carbonyl (C=O) groups excluding carboxylic acids is 2. The molecule has 0 saturated heterocycles. The Morgan fingerprint density at radius 2 is 1.41 bits per heavy atom. The van der Waals surface area contributed by atoms with Crippen LogP contribution in [0.2, 0.25) is 0 Å². The lowest BCUT2D eigenvalue weighted by Gasteiger charge is -2.15.